The van der Waals surface area contributed by atoms with Crippen molar-refractivity contribution in [3.8, 4) is 5.75 Å². The average Bonchev–Trinajstić information content (AvgIpc) is 2.63. The molecular weight excluding hydrogens is 357 g/mol. The van der Waals surface area contributed by atoms with Crippen LogP contribution in [0.4, 0.5) is 10.1 Å². The molecule has 1 heterocycles. The summed E-state index contributed by atoms with van der Waals surface area (Å²) < 4.78 is 19.9. The molecule has 1 aliphatic heterocycles. The number of anilines is 1. The van der Waals surface area contributed by atoms with E-state index in [2.05, 4.69) is 6.07 Å². The van der Waals surface area contributed by atoms with Crippen molar-refractivity contribution in [1.82, 2.24) is 0 Å². The maximum atomic E-state index is 14.4. The highest BCUT2D eigenvalue weighted by atomic mass is 35.5. The molecule has 26 heavy (non-hydrogen) atoms. The Balaban J connectivity index is 1.77. The fourth-order valence-corrected chi connectivity index (χ4v) is 3.50. The molecule has 3 aromatic carbocycles. The van der Waals surface area contributed by atoms with Crippen molar-refractivity contribution in [1.29, 1.82) is 0 Å². The van der Waals surface area contributed by atoms with E-state index < -0.39 is 17.3 Å². The van der Waals surface area contributed by atoms with Gasteiger partial charge in [0.15, 0.2) is 5.82 Å². The Morgan fingerprint density at radius 2 is 1.96 bits per heavy atom. The fraction of sp³-hybridized carbons (Fsp3) is 0.150. The van der Waals surface area contributed by atoms with E-state index in [1.165, 1.54) is 6.07 Å². The Kier molecular flexibility index (Phi) is 4.17. The Bertz CT molecular complexity index is 1020. The Hall–Kier alpha value is -2.79. The zero-order chi connectivity index (χ0) is 18.3. The lowest BCUT2D eigenvalue weighted by Crippen LogP contribution is -2.34. The van der Waals surface area contributed by atoms with Gasteiger partial charge in [-0.1, -0.05) is 48.0 Å². The molecule has 0 bridgehead atoms. The molecule has 0 fully saturated rings. The summed E-state index contributed by atoms with van der Waals surface area (Å²) in [5.74, 6) is -2.01. The molecule has 0 amide bonds. The van der Waals surface area contributed by atoms with Crippen molar-refractivity contribution < 1.29 is 19.0 Å². The van der Waals surface area contributed by atoms with E-state index in [1.807, 2.05) is 41.3 Å². The molecule has 1 aliphatic rings. The van der Waals surface area contributed by atoms with Crippen LogP contribution in [-0.4, -0.2) is 24.2 Å². The van der Waals surface area contributed by atoms with E-state index in [1.54, 1.807) is 0 Å². The summed E-state index contributed by atoms with van der Waals surface area (Å²) in [4.78, 5) is 13.5. The first-order chi connectivity index (χ1) is 12.5. The van der Waals surface area contributed by atoms with E-state index in [0.717, 1.165) is 16.3 Å². The number of nitrogens with zero attached hydrogens (tertiary/aromatic N) is 1. The molecule has 1 N–H and O–H groups in total. The van der Waals surface area contributed by atoms with Gasteiger partial charge < -0.3 is 14.7 Å². The standard InChI is InChI=1S/C20H15ClFNO3/c21-15-10-16-19(17(18(15)22)20(24)25)23(7-8-26-16)11-12-5-6-13-3-1-2-4-14(13)9-12/h1-6,9-10H,7-8,11H2,(H,24,25). The van der Waals surface area contributed by atoms with Crippen LogP contribution in [0.5, 0.6) is 5.75 Å². The first kappa shape index (κ1) is 16.7. The smallest absolute Gasteiger partial charge is 0.341 e. The largest absolute Gasteiger partial charge is 0.489 e. The van der Waals surface area contributed by atoms with Crippen LogP contribution in [0.15, 0.2) is 48.5 Å². The van der Waals surface area contributed by atoms with Crippen LogP contribution in [0, 0.1) is 5.82 Å². The minimum atomic E-state index is -1.37. The number of halogens is 2. The number of rotatable bonds is 3. The van der Waals surface area contributed by atoms with Crippen molar-refractivity contribution in [3.05, 3.63) is 70.5 Å². The lowest BCUT2D eigenvalue weighted by molar-refractivity contribution is 0.0691. The number of fused-ring (bicyclic) bond motifs is 2. The summed E-state index contributed by atoms with van der Waals surface area (Å²) in [5.41, 5.74) is 0.787. The SMILES string of the molecule is O=C(O)c1c(F)c(Cl)cc2c1N(Cc1ccc3ccccc3c1)CCO2. The molecule has 0 aliphatic carbocycles. The van der Waals surface area contributed by atoms with Crippen molar-refractivity contribution in [2.75, 3.05) is 18.1 Å². The summed E-state index contributed by atoms with van der Waals surface area (Å²) >= 11 is 5.83. The monoisotopic (exact) mass is 371 g/mol. The minimum Gasteiger partial charge on any atom is -0.489 e. The molecule has 0 spiro atoms. The van der Waals surface area contributed by atoms with Gasteiger partial charge >= 0.3 is 5.97 Å². The first-order valence-corrected chi connectivity index (χ1v) is 8.53. The normalized spacial score (nSPS) is 13.4. The average molecular weight is 372 g/mol. The van der Waals surface area contributed by atoms with Gasteiger partial charge in [0, 0.05) is 12.6 Å². The van der Waals surface area contributed by atoms with Crippen molar-refractivity contribution >= 4 is 34.0 Å². The number of carbonyl (C=O) groups is 1. The van der Waals surface area contributed by atoms with Gasteiger partial charge in [-0.05, 0) is 22.4 Å². The summed E-state index contributed by atoms with van der Waals surface area (Å²) in [7, 11) is 0. The van der Waals surface area contributed by atoms with E-state index >= 15 is 0 Å². The number of aromatic carboxylic acids is 1. The number of ether oxygens (including phenoxy) is 1. The van der Waals surface area contributed by atoms with E-state index in [0.29, 0.717) is 25.4 Å². The number of carboxylic acids is 1. The van der Waals surface area contributed by atoms with Crippen LogP contribution in [0.1, 0.15) is 15.9 Å². The lowest BCUT2D eigenvalue weighted by Gasteiger charge is -2.33. The van der Waals surface area contributed by atoms with Crippen LogP contribution in [0.25, 0.3) is 10.8 Å². The molecule has 0 saturated heterocycles. The van der Waals surface area contributed by atoms with Gasteiger partial charge in [-0.3, -0.25) is 0 Å². The molecule has 4 nitrogen and oxygen atoms in total. The summed E-state index contributed by atoms with van der Waals surface area (Å²) in [6.07, 6.45) is 0. The zero-order valence-corrected chi connectivity index (χ0v) is 14.5. The minimum absolute atomic E-state index is 0.235. The Morgan fingerprint density at radius 3 is 2.73 bits per heavy atom. The molecule has 6 heteroatoms. The van der Waals surface area contributed by atoms with Crippen LogP contribution in [-0.2, 0) is 6.54 Å². The topological polar surface area (TPSA) is 49.8 Å². The van der Waals surface area contributed by atoms with Gasteiger partial charge in [-0.25, -0.2) is 9.18 Å². The quantitative estimate of drug-likeness (QED) is 0.723. The van der Waals surface area contributed by atoms with E-state index in [-0.39, 0.29) is 10.7 Å². The predicted molar refractivity (Wildman–Crippen MR) is 98.9 cm³/mol. The predicted octanol–water partition coefficient (Wildman–Crippen LogP) is 4.73. The number of hydrogen-bond donors (Lipinski definition) is 1. The van der Waals surface area contributed by atoms with E-state index in [9.17, 15) is 14.3 Å². The molecule has 3 aromatic rings. The second kappa shape index (κ2) is 6.50. The summed E-state index contributed by atoms with van der Waals surface area (Å²) in [6.45, 7) is 1.28. The molecule has 132 valence electrons. The molecule has 0 radical (unpaired) electrons. The third kappa shape index (κ3) is 2.84. The van der Waals surface area contributed by atoms with E-state index in [4.69, 9.17) is 16.3 Å². The van der Waals surface area contributed by atoms with Gasteiger partial charge in [0.05, 0.1) is 17.3 Å². The lowest BCUT2D eigenvalue weighted by atomic mass is 10.0. The highest BCUT2D eigenvalue weighted by Gasteiger charge is 2.30. The van der Waals surface area contributed by atoms with Gasteiger partial charge in [0.1, 0.15) is 17.9 Å². The highest BCUT2D eigenvalue weighted by Crippen LogP contribution is 2.40. The maximum Gasteiger partial charge on any atom is 0.341 e. The first-order valence-electron chi connectivity index (χ1n) is 8.15. The Morgan fingerprint density at radius 1 is 1.19 bits per heavy atom. The van der Waals surface area contributed by atoms with Crippen molar-refractivity contribution in [2.45, 2.75) is 6.54 Å². The molecule has 0 unspecified atom stereocenters. The maximum absolute atomic E-state index is 14.4. The third-order valence-corrected chi connectivity index (χ3v) is 4.77. The summed E-state index contributed by atoms with van der Waals surface area (Å²) in [5, 5.41) is 11.5. The van der Waals surface area contributed by atoms with Crippen molar-refractivity contribution in [2.24, 2.45) is 0 Å². The molecular formula is C20H15ClFNO3. The third-order valence-electron chi connectivity index (χ3n) is 4.49. The van der Waals surface area contributed by atoms with Crippen LogP contribution in [0.3, 0.4) is 0 Å². The molecule has 4 rings (SSSR count). The zero-order valence-electron chi connectivity index (χ0n) is 13.7. The highest BCUT2D eigenvalue weighted by molar-refractivity contribution is 6.31. The van der Waals surface area contributed by atoms with Crippen LogP contribution >= 0.6 is 11.6 Å². The van der Waals surface area contributed by atoms with Gasteiger partial charge in [0.25, 0.3) is 0 Å². The van der Waals surface area contributed by atoms with Crippen LogP contribution < -0.4 is 9.64 Å². The molecule has 0 saturated carbocycles. The van der Waals surface area contributed by atoms with Gasteiger partial charge in [-0.15, -0.1) is 0 Å². The number of benzene rings is 3. The number of hydrogen-bond acceptors (Lipinski definition) is 3. The number of carboxylic acid groups (broad SMARTS) is 1. The summed E-state index contributed by atoms with van der Waals surface area (Å²) in [6, 6.07) is 15.4. The molecule has 0 aromatic heterocycles. The van der Waals surface area contributed by atoms with Crippen LogP contribution in [0.2, 0.25) is 5.02 Å². The van der Waals surface area contributed by atoms with Gasteiger partial charge in [0.2, 0.25) is 0 Å². The van der Waals surface area contributed by atoms with Gasteiger partial charge in [-0.2, -0.15) is 0 Å². The second-order valence-corrected chi connectivity index (χ2v) is 6.56. The second-order valence-electron chi connectivity index (χ2n) is 6.15. The fourth-order valence-electron chi connectivity index (χ4n) is 3.31. The van der Waals surface area contributed by atoms with Crippen molar-refractivity contribution in [3.63, 3.8) is 0 Å². The molecule has 0 atom stereocenters. The Labute approximate surface area is 154 Å².